The van der Waals surface area contributed by atoms with Crippen molar-refractivity contribution in [2.75, 3.05) is 18.8 Å². The fourth-order valence-electron chi connectivity index (χ4n) is 2.19. The summed E-state index contributed by atoms with van der Waals surface area (Å²) in [4.78, 5) is 26.0. The Balaban J connectivity index is 1.86. The maximum Gasteiger partial charge on any atom is 0.232 e. The van der Waals surface area contributed by atoms with Gasteiger partial charge in [-0.3, -0.25) is 9.59 Å². The summed E-state index contributed by atoms with van der Waals surface area (Å²) in [6, 6.07) is 1.86. The molecule has 0 radical (unpaired) electrons. The van der Waals surface area contributed by atoms with Gasteiger partial charge in [0.2, 0.25) is 11.8 Å². The highest BCUT2D eigenvalue weighted by molar-refractivity contribution is 8.00. The zero-order valence-corrected chi connectivity index (χ0v) is 11.7. The second-order valence-electron chi connectivity index (χ2n) is 4.71. The number of carbonyl (C=O) groups is 2. The molecule has 0 aliphatic carbocycles. The first kappa shape index (κ1) is 14.0. The van der Waals surface area contributed by atoms with E-state index in [9.17, 15) is 9.59 Å². The fourth-order valence-corrected chi connectivity index (χ4v) is 3.05. The minimum absolute atomic E-state index is 0.0524. The van der Waals surface area contributed by atoms with Crippen molar-refractivity contribution in [2.45, 2.75) is 24.7 Å². The monoisotopic (exact) mass is 282 g/mol. The van der Waals surface area contributed by atoms with Crippen LogP contribution in [0.15, 0.2) is 21.6 Å². The highest BCUT2D eigenvalue weighted by atomic mass is 32.2. The Labute approximate surface area is 116 Å². The van der Waals surface area contributed by atoms with Crippen molar-refractivity contribution in [1.82, 2.24) is 4.90 Å². The van der Waals surface area contributed by atoms with E-state index in [4.69, 9.17) is 10.2 Å². The molecule has 104 valence electrons. The molecule has 0 unspecified atom stereocenters. The first-order chi connectivity index (χ1) is 9.08. The molecule has 0 aromatic carbocycles. The third kappa shape index (κ3) is 3.53. The number of nitrogens with zero attached hydrogens (tertiary/aromatic N) is 1. The number of furan rings is 1. The Morgan fingerprint density at radius 2 is 2.37 bits per heavy atom. The van der Waals surface area contributed by atoms with Crippen LogP contribution in [-0.2, 0) is 9.59 Å². The van der Waals surface area contributed by atoms with Crippen LogP contribution < -0.4 is 5.73 Å². The average molecular weight is 282 g/mol. The molecule has 1 aromatic heterocycles. The summed E-state index contributed by atoms with van der Waals surface area (Å²) in [5.41, 5.74) is 5.31. The standard InChI is InChI=1S/C13H18N2O3S/c1-9-11(4-6-18-9)19-8-12(16)15-5-2-3-10(7-15)13(14)17/h4,6,10H,2-3,5,7-8H2,1H3,(H2,14,17)/t10-/m1/s1. The van der Waals surface area contributed by atoms with Crippen molar-refractivity contribution in [3.05, 3.63) is 18.1 Å². The van der Waals surface area contributed by atoms with Gasteiger partial charge < -0.3 is 15.1 Å². The zero-order valence-electron chi connectivity index (χ0n) is 10.9. The van der Waals surface area contributed by atoms with Crippen LogP contribution in [0.3, 0.4) is 0 Å². The number of carbonyl (C=O) groups excluding carboxylic acids is 2. The van der Waals surface area contributed by atoms with E-state index >= 15 is 0 Å². The van der Waals surface area contributed by atoms with Crippen LogP contribution in [0.4, 0.5) is 0 Å². The first-order valence-electron chi connectivity index (χ1n) is 6.32. The van der Waals surface area contributed by atoms with Crippen LogP contribution in [0.1, 0.15) is 18.6 Å². The third-order valence-corrected chi connectivity index (χ3v) is 4.46. The van der Waals surface area contributed by atoms with E-state index in [1.54, 1.807) is 11.2 Å². The Morgan fingerprint density at radius 1 is 1.58 bits per heavy atom. The summed E-state index contributed by atoms with van der Waals surface area (Å²) in [6.07, 6.45) is 3.24. The van der Waals surface area contributed by atoms with Gasteiger partial charge in [-0.15, -0.1) is 11.8 Å². The van der Waals surface area contributed by atoms with Gasteiger partial charge >= 0.3 is 0 Å². The summed E-state index contributed by atoms with van der Waals surface area (Å²) in [5, 5.41) is 0. The van der Waals surface area contributed by atoms with E-state index in [2.05, 4.69) is 0 Å². The third-order valence-electron chi connectivity index (χ3n) is 3.34. The minimum Gasteiger partial charge on any atom is -0.468 e. The molecule has 1 aliphatic rings. The highest BCUT2D eigenvalue weighted by Gasteiger charge is 2.26. The first-order valence-corrected chi connectivity index (χ1v) is 7.30. The molecule has 2 heterocycles. The topological polar surface area (TPSA) is 76.5 Å². The van der Waals surface area contributed by atoms with Gasteiger partial charge in [0, 0.05) is 18.0 Å². The van der Waals surface area contributed by atoms with Crippen LogP contribution >= 0.6 is 11.8 Å². The molecule has 2 N–H and O–H groups in total. The van der Waals surface area contributed by atoms with E-state index in [0.717, 1.165) is 23.5 Å². The molecule has 6 heteroatoms. The van der Waals surface area contributed by atoms with Gasteiger partial charge in [-0.1, -0.05) is 0 Å². The van der Waals surface area contributed by atoms with Crippen molar-refractivity contribution in [3.8, 4) is 0 Å². The largest absolute Gasteiger partial charge is 0.468 e. The molecule has 0 spiro atoms. The van der Waals surface area contributed by atoms with Gasteiger partial charge in [0.25, 0.3) is 0 Å². The second-order valence-corrected chi connectivity index (χ2v) is 5.73. The Morgan fingerprint density at radius 3 is 3.00 bits per heavy atom. The minimum atomic E-state index is -0.309. The number of nitrogens with two attached hydrogens (primary N) is 1. The fraction of sp³-hybridized carbons (Fsp3) is 0.538. The quantitative estimate of drug-likeness (QED) is 0.847. The Hall–Kier alpha value is -1.43. The molecular formula is C13H18N2O3S. The van der Waals surface area contributed by atoms with Crippen LogP contribution in [0.25, 0.3) is 0 Å². The zero-order chi connectivity index (χ0) is 13.8. The molecule has 1 atom stereocenters. The maximum atomic E-state index is 12.1. The molecule has 2 rings (SSSR count). The van der Waals surface area contributed by atoms with Crippen molar-refractivity contribution >= 4 is 23.6 Å². The molecule has 1 fully saturated rings. The number of hydrogen-bond donors (Lipinski definition) is 1. The maximum absolute atomic E-state index is 12.1. The Kier molecular flexibility index (Phi) is 4.52. The van der Waals surface area contributed by atoms with E-state index < -0.39 is 0 Å². The highest BCUT2D eigenvalue weighted by Crippen LogP contribution is 2.24. The van der Waals surface area contributed by atoms with Crippen LogP contribution in [0.5, 0.6) is 0 Å². The van der Waals surface area contributed by atoms with E-state index in [-0.39, 0.29) is 17.7 Å². The van der Waals surface area contributed by atoms with E-state index in [1.807, 2.05) is 13.0 Å². The predicted octanol–water partition coefficient (Wildman–Crippen LogP) is 1.40. The molecule has 0 bridgehead atoms. The lowest BCUT2D eigenvalue weighted by Crippen LogP contribution is -2.44. The SMILES string of the molecule is Cc1occc1SCC(=O)N1CCC[C@@H](C(N)=O)C1. The molecule has 1 aliphatic heterocycles. The summed E-state index contributed by atoms with van der Waals surface area (Å²) >= 11 is 1.46. The number of thioether (sulfide) groups is 1. The lowest BCUT2D eigenvalue weighted by atomic mass is 9.97. The summed E-state index contributed by atoms with van der Waals surface area (Å²) in [5.74, 6) is 0.739. The number of hydrogen-bond acceptors (Lipinski definition) is 4. The van der Waals surface area contributed by atoms with Gasteiger partial charge in [-0.25, -0.2) is 0 Å². The number of amides is 2. The van der Waals surface area contributed by atoms with Crippen molar-refractivity contribution < 1.29 is 14.0 Å². The Bertz CT molecular complexity index is 472. The van der Waals surface area contributed by atoms with Crippen LogP contribution in [-0.4, -0.2) is 35.6 Å². The number of rotatable bonds is 4. The lowest BCUT2D eigenvalue weighted by molar-refractivity contribution is -0.132. The van der Waals surface area contributed by atoms with Gasteiger partial charge in [0.15, 0.2) is 0 Å². The molecule has 1 saturated heterocycles. The lowest BCUT2D eigenvalue weighted by Gasteiger charge is -2.31. The van der Waals surface area contributed by atoms with Crippen molar-refractivity contribution in [1.29, 1.82) is 0 Å². The van der Waals surface area contributed by atoms with Gasteiger partial charge in [0.1, 0.15) is 5.76 Å². The van der Waals surface area contributed by atoms with Gasteiger partial charge in [-0.05, 0) is 25.8 Å². The molecule has 5 nitrogen and oxygen atoms in total. The van der Waals surface area contributed by atoms with Crippen molar-refractivity contribution in [3.63, 3.8) is 0 Å². The van der Waals surface area contributed by atoms with Gasteiger partial charge in [-0.2, -0.15) is 0 Å². The normalized spacial score (nSPS) is 19.4. The predicted molar refractivity (Wildman–Crippen MR) is 72.7 cm³/mol. The summed E-state index contributed by atoms with van der Waals surface area (Å²) < 4.78 is 5.18. The molecular weight excluding hydrogens is 264 g/mol. The van der Waals surface area contributed by atoms with E-state index in [1.165, 1.54) is 11.8 Å². The average Bonchev–Trinajstić information content (AvgIpc) is 2.81. The van der Waals surface area contributed by atoms with Crippen molar-refractivity contribution in [2.24, 2.45) is 11.7 Å². The molecule has 2 amide bonds. The molecule has 1 aromatic rings. The van der Waals surface area contributed by atoms with Crippen LogP contribution in [0.2, 0.25) is 0 Å². The smallest absolute Gasteiger partial charge is 0.232 e. The number of aryl methyl sites for hydroxylation is 1. The number of primary amides is 1. The second kappa shape index (κ2) is 6.14. The number of piperidine rings is 1. The van der Waals surface area contributed by atoms with E-state index in [0.29, 0.717) is 18.8 Å². The number of likely N-dealkylation sites (tertiary alicyclic amines) is 1. The molecule has 0 saturated carbocycles. The summed E-state index contributed by atoms with van der Waals surface area (Å²) in [7, 11) is 0. The molecule has 19 heavy (non-hydrogen) atoms. The van der Waals surface area contributed by atoms with Gasteiger partial charge in [0.05, 0.1) is 17.9 Å². The van der Waals surface area contributed by atoms with Crippen LogP contribution in [0, 0.1) is 12.8 Å². The summed E-state index contributed by atoms with van der Waals surface area (Å²) in [6.45, 7) is 3.05.